The number of fused-ring (bicyclic) bond motifs is 9. The zero-order chi connectivity index (χ0) is 40.0. The molecule has 0 bridgehead atoms. The van der Waals surface area contributed by atoms with E-state index in [1.807, 2.05) is 68.5 Å². The number of hydrogen-bond donors (Lipinski definition) is 1. The molecule has 0 fully saturated rings. The van der Waals surface area contributed by atoms with E-state index in [2.05, 4.69) is 155 Å². The Bertz CT molecular complexity index is 2480. The molecule has 1 spiro atoms. The molecular formula is C56H55N. The zero-order valence-corrected chi connectivity index (χ0v) is 34.2. The third-order valence-electron chi connectivity index (χ3n) is 11.8. The van der Waals surface area contributed by atoms with Crippen molar-refractivity contribution in [2.45, 2.75) is 64.7 Å². The lowest BCUT2D eigenvalue weighted by atomic mass is 9.54. The lowest BCUT2D eigenvalue weighted by Crippen LogP contribution is -2.41. The van der Waals surface area contributed by atoms with Crippen LogP contribution in [0.3, 0.4) is 0 Å². The Morgan fingerprint density at radius 3 is 1.68 bits per heavy atom. The molecule has 7 aromatic carbocycles. The van der Waals surface area contributed by atoms with E-state index in [0.29, 0.717) is 0 Å². The average molecular weight is 742 g/mol. The first-order chi connectivity index (χ1) is 27.9. The SMILES string of the molecule is C=CCc1ccc(-c2cccc3c2C2=C(CCC=C2)C32c3ccccc3C(C)(C)c3ccccc32)c2ccccc12.CC.Cc1ccccc1.Nc1ccccc1. The summed E-state index contributed by atoms with van der Waals surface area (Å²) < 4.78 is 0. The molecule has 2 N–H and O–H groups in total. The van der Waals surface area contributed by atoms with Crippen LogP contribution in [-0.4, -0.2) is 0 Å². The van der Waals surface area contributed by atoms with Crippen molar-refractivity contribution in [1.29, 1.82) is 0 Å². The van der Waals surface area contributed by atoms with Gasteiger partial charge in [-0.1, -0.05) is 203 Å². The van der Waals surface area contributed by atoms with Crippen molar-refractivity contribution in [3.05, 3.63) is 239 Å². The molecule has 0 saturated carbocycles. The molecule has 1 heteroatoms. The molecular weight excluding hydrogens is 687 g/mol. The summed E-state index contributed by atoms with van der Waals surface area (Å²) >= 11 is 0. The van der Waals surface area contributed by atoms with Crippen molar-refractivity contribution in [3.63, 3.8) is 0 Å². The Morgan fingerprint density at radius 2 is 1.12 bits per heavy atom. The third kappa shape index (κ3) is 6.97. The average Bonchev–Trinajstić information content (AvgIpc) is 3.56. The molecule has 284 valence electrons. The molecule has 0 unspecified atom stereocenters. The Morgan fingerprint density at radius 1 is 0.579 bits per heavy atom. The van der Waals surface area contributed by atoms with E-state index in [1.165, 1.54) is 72.0 Å². The summed E-state index contributed by atoms with van der Waals surface area (Å²) in [5.74, 6) is 0. The van der Waals surface area contributed by atoms with Crippen molar-refractivity contribution in [2.24, 2.45) is 0 Å². The third-order valence-corrected chi connectivity index (χ3v) is 11.8. The van der Waals surface area contributed by atoms with Crippen LogP contribution in [0.5, 0.6) is 0 Å². The van der Waals surface area contributed by atoms with Gasteiger partial charge in [0.05, 0.1) is 5.41 Å². The van der Waals surface area contributed by atoms with Gasteiger partial charge in [-0.25, -0.2) is 0 Å². The van der Waals surface area contributed by atoms with Crippen LogP contribution in [0.4, 0.5) is 5.69 Å². The number of benzene rings is 7. The van der Waals surface area contributed by atoms with Crippen molar-refractivity contribution < 1.29 is 0 Å². The molecule has 7 aromatic rings. The first kappa shape index (κ1) is 39.1. The lowest BCUT2D eigenvalue weighted by molar-refractivity contribution is 0.550. The van der Waals surface area contributed by atoms with Crippen LogP contribution in [0.2, 0.25) is 0 Å². The van der Waals surface area contributed by atoms with E-state index in [1.54, 1.807) is 5.57 Å². The fourth-order valence-corrected chi connectivity index (χ4v) is 9.36. The summed E-state index contributed by atoms with van der Waals surface area (Å²) in [7, 11) is 0. The summed E-state index contributed by atoms with van der Waals surface area (Å²) in [5, 5.41) is 2.63. The number of para-hydroxylation sites is 1. The highest BCUT2D eigenvalue weighted by molar-refractivity contribution is 6.05. The Kier molecular flexibility index (Phi) is 11.6. The lowest BCUT2D eigenvalue weighted by Gasteiger charge is -2.47. The van der Waals surface area contributed by atoms with Gasteiger partial charge in [-0.05, 0) is 110 Å². The Hall–Kier alpha value is -6.18. The molecule has 0 saturated heterocycles. The molecule has 3 aliphatic rings. The standard InChI is InChI=1S/C41H34.C7H8.C6H7N.C2H6/c1-4-14-27-25-26-30(29-16-6-5-15-28(27)29)31-18-13-24-38-39(31)32-17-7-8-19-33(32)41(38)36-22-11-9-20-34(36)40(2,3)35-21-10-12-23-37(35)41;1-7-5-3-2-4-6-7;7-6-4-2-1-3-5-6;1-2/h4-7,9-13,15-18,20-26H,1,8,14,19H2,2-3H3;2-6H,1H3;1-5H,7H2;1-2H3. The van der Waals surface area contributed by atoms with Crippen molar-refractivity contribution in [1.82, 2.24) is 0 Å². The smallest absolute Gasteiger partial charge is 0.0682 e. The second-order valence-electron chi connectivity index (χ2n) is 15.4. The molecule has 0 aliphatic heterocycles. The van der Waals surface area contributed by atoms with E-state index >= 15 is 0 Å². The van der Waals surface area contributed by atoms with E-state index in [0.717, 1.165) is 24.9 Å². The predicted octanol–water partition coefficient (Wildman–Crippen LogP) is 14.6. The van der Waals surface area contributed by atoms with Crippen molar-refractivity contribution in [3.8, 4) is 11.1 Å². The fraction of sp³-hybridized carbons (Fsp3) is 0.179. The van der Waals surface area contributed by atoms with Crippen molar-refractivity contribution in [2.75, 3.05) is 5.73 Å². The summed E-state index contributed by atoms with van der Waals surface area (Å²) in [5.41, 5.74) is 22.7. The van der Waals surface area contributed by atoms with Crippen LogP contribution < -0.4 is 5.73 Å². The molecule has 10 rings (SSSR count). The maximum absolute atomic E-state index is 5.36. The van der Waals surface area contributed by atoms with Gasteiger partial charge in [0.2, 0.25) is 0 Å². The van der Waals surface area contributed by atoms with Gasteiger partial charge in [-0.3, -0.25) is 0 Å². The summed E-state index contributed by atoms with van der Waals surface area (Å²) in [6, 6.07) is 58.9. The molecule has 0 radical (unpaired) electrons. The van der Waals surface area contributed by atoms with Gasteiger partial charge in [0.15, 0.2) is 0 Å². The fourth-order valence-electron chi connectivity index (χ4n) is 9.36. The van der Waals surface area contributed by atoms with E-state index in [-0.39, 0.29) is 10.8 Å². The molecule has 0 amide bonds. The van der Waals surface area contributed by atoms with Crippen LogP contribution in [0.1, 0.15) is 85.0 Å². The minimum absolute atomic E-state index is 0.0682. The number of nitrogens with two attached hydrogens (primary N) is 1. The minimum atomic E-state index is -0.285. The first-order valence-corrected chi connectivity index (χ1v) is 20.6. The van der Waals surface area contributed by atoms with Gasteiger partial charge in [-0.15, -0.1) is 6.58 Å². The van der Waals surface area contributed by atoms with Gasteiger partial charge in [0, 0.05) is 11.1 Å². The minimum Gasteiger partial charge on any atom is -0.399 e. The van der Waals surface area contributed by atoms with Gasteiger partial charge in [0.25, 0.3) is 0 Å². The number of hydrogen-bond acceptors (Lipinski definition) is 1. The van der Waals surface area contributed by atoms with Gasteiger partial charge in [0.1, 0.15) is 0 Å². The Balaban J connectivity index is 0.000000260. The van der Waals surface area contributed by atoms with Crippen LogP contribution >= 0.6 is 0 Å². The van der Waals surface area contributed by atoms with E-state index < -0.39 is 0 Å². The number of aryl methyl sites for hydroxylation is 1. The maximum Gasteiger partial charge on any atom is 0.0682 e. The van der Waals surface area contributed by atoms with Crippen LogP contribution in [0, 0.1) is 6.92 Å². The number of nitrogen functional groups attached to an aromatic ring is 1. The maximum atomic E-state index is 5.36. The summed E-state index contributed by atoms with van der Waals surface area (Å²) in [4.78, 5) is 0. The summed E-state index contributed by atoms with van der Waals surface area (Å²) in [6.45, 7) is 14.9. The number of allylic oxidation sites excluding steroid dienone is 5. The second kappa shape index (κ2) is 16.9. The molecule has 57 heavy (non-hydrogen) atoms. The van der Waals surface area contributed by atoms with Crippen LogP contribution in [0.15, 0.2) is 194 Å². The first-order valence-electron chi connectivity index (χ1n) is 20.6. The Labute approximate surface area is 341 Å². The zero-order valence-electron chi connectivity index (χ0n) is 34.2. The van der Waals surface area contributed by atoms with E-state index in [4.69, 9.17) is 5.73 Å². The topological polar surface area (TPSA) is 26.0 Å². The highest BCUT2D eigenvalue weighted by Crippen LogP contribution is 2.64. The molecule has 1 nitrogen and oxygen atoms in total. The van der Waals surface area contributed by atoms with E-state index in [9.17, 15) is 0 Å². The van der Waals surface area contributed by atoms with Crippen LogP contribution in [-0.2, 0) is 17.3 Å². The van der Waals surface area contributed by atoms with Crippen molar-refractivity contribution >= 4 is 22.0 Å². The van der Waals surface area contributed by atoms with Gasteiger partial charge < -0.3 is 5.73 Å². The summed E-state index contributed by atoms with van der Waals surface area (Å²) in [6.07, 6.45) is 9.84. The second-order valence-corrected chi connectivity index (χ2v) is 15.4. The highest BCUT2D eigenvalue weighted by atomic mass is 14.6. The number of anilines is 1. The highest BCUT2D eigenvalue weighted by Gasteiger charge is 2.54. The molecule has 0 atom stereocenters. The predicted molar refractivity (Wildman–Crippen MR) is 247 cm³/mol. The molecule has 0 heterocycles. The largest absolute Gasteiger partial charge is 0.399 e. The quantitative estimate of drug-likeness (QED) is 0.142. The van der Waals surface area contributed by atoms with Crippen LogP contribution in [0.25, 0.3) is 27.5 Å². The molecule has 0 aromatic heterocycles. The number of rotatable bonds is 3. The van der Waals surface area contributed by atoms with Gasteiger partial charge >= 0.3 is 0 Å². The normalized spacial score (nSPS) is 14.6. The molecule has 3 aliphatic carbocycles. The van der Waals surface area contributed by atoms with Gasteiger partial charge in [-0.2, -0.15) is 0 Å². The monoisotopic (exact) mass is 741 g/mol.